The van der Waals surface area contributed by atoms with Crippen LogP contribution >= 0.6 is 0 Å². The Kier molecular flexibility index (Phi) is 7.80. The minimum absolute atomic E-state index is 0.00910. The number of hydrogen-bond acceptors (Lipinski definition) is 4. The maximum atomic E-state index is 13.8. The Bertz CT molecular complexity index is 812. The summed E-state index contributed by atoms with van der Waals surface area (Å²) in [5, 5.41) is 2.58. The highest BCUT2D eigenvalue weighted by atomic mass is 19.1. The van der Waals surface area contributed by atoms with Gasteiger partial charge in [0.1, 0.15) is 11.8 Å². The Hall–Kier alpha value is -3.09. The van der Waals surface area contributed by atoms with Crippen LogP contribution in [0, 0.1) is 5.82 Å². The van der Waals surface area contributed by atoms with Crippen LogP contribution < -0.4 is 14.8 Å². The van der Waals surface area contributed by atoms with E-state index in [4.69, 9.17) is 9.47 Å². The second-order valence-corrected chi connectivity index (χ2v) is 6.13. The van der Waals surface area contributed by atoms with E-state index in [2.05, 4.69) is 5.32 Å². The average molecular weight is 388 g/mol. The molecular formula is C21H25FN2O4. The number of methoxy groups -OCH3 is 1. The van der Waals surface area contributed by atoms with E-state index in [0.29, 0.717) is 12.2 Å². The summed E-state index contributed by atoms with van der Waals surface area (Å²) in [4.78, 5) is 26.6. The van der Waals surface area contributed by atoms with Gasteiger partial charge in [0, 0.05) is 13.6 Å². The van der Waals surface area contributed by atoms with E-state index in [1.54, 1.807) is 25.3 Å². The van der Waals surface area contributed by atoms with Crippen molar-refractivity contribution in [2.24, 2.45) is 0 Å². The van der Waals surface area contributed by atoms with E-state index in [-0.39, 0.29) is 24.8 Å². The van der Waals surface area contributed by atoms with Crippen molar-refractivity contribution >= 4 is 11.8 Å². The first-order valence-electron chi connectivity index (χ1n) is 9.01. The second kappa shape index (κ2) is 10.3. The van der Waals surface area contributed by atoms with Crippen LogP contribution in [-0.2, 0) is 16.1 Å². The quantitative estimate of drug-likeness (QED) is 0.717. The Morgan fingerprint density at radius 2 is 1.93 bits per heavy atom. The molecule has 1 N–H and O–H groups in total. The fraction of sp³-hybridized carbons (Fsp3) is 0.333. The summed E-state index contributed by atoms with van der Waals surface area (Å²) >= 11 is 0. The molecule has 0 aliphatic carbocycles. The number of halogens is 1. The first-order valence-corrected chi connectivity index (χ1v) is 9.01. The molecule has 0 spiro atoms. The summed E-state index contributed by atoms with van der Waals surface area (Å²) in [7, 11) is 3.08. The number of benzene rings is 2. The van der Waals surface area contributed by atoms with Crippen LogP contribution in [0.4, 0.5) is 4.39 Å². The molecule has 0 fully saturated rings. The van der Waals surface area contributed by atoms with E-state index in [0.717, 1.165) is 5.56 Å². The number of carbonyl (C=O) groups excluding carboxylic acids is 2. The number of amides is 2. The molecular weight excluding hydrogens is 363 g/mol. The lowest BCUT2D eigenvalue weighted by molar-refractivity contribution is -0.142. The van der Waals surface area contributed by atoms with Gasteiger partial charge in [-0.25, -0.2) is 4.39 Å². The van der Waals surface area contributed by atoms with Gasteiger partial charge in [-0.3, -0.25) is 9.59 Å². The predicted octanol–water partition coefficient (Wildman–Crippen LogP) is 2.77. The van der Waals surface area contributed by atoms with Crippen LogP contribution in [0.1, 0.15) is 18.9 Å². The molecule has 0 saturated heterocycles. The molecule has 150 valence electrons. The van der Waals surface area contributed by atoms with Crippen molar-refractivity contribution in [1.82, 2.24) is 10.2 Å². The van der Waals surface area contributed by atoms with Crippen molar-refractivity contribution in [1.29, 1.82) is 0 Å². The van der Waals surface area contributed by atoms with Gasteiger partial charge in [-0.05, 0) is 36.2 Å². The molecule has 0 aromatic heterocycles. The van der Waals surface area contributed by atoms with Gasteiger partial charge in [-0.1, -0.05) is 31.2 Å². The Balaban J connectivity index is 2.22. The van der Waals surface area contributed by atoms with Gasteiger partial charge in [0.05, 0.1) is 7.11 Å². The zero-order valence-electron chi connectivity index (χ0n) is 16.3. The van der Waals surface area contributed by atoms with Crippen LogP contribution in [0.15, 0.2) is 48.5 Å². The maximum absolute atomic E-state index is 13.8. The lowest BCUT2D eigenvalue weighted by Crippen LogP contribution is -2.49. The van der Waals surface area contributed by atoms with E-state index in [1.165, 1.54) is 30.1 Å². The molecule has 0 heterocycles. The van der Waals surface area contributed by atoms with Gasteiger partial charge in [0.25, 0.3) is 5.91 Å². The fourth-order valence-corrected chi connectivity index (χ4v) is 2.84. The normalized spacial score (nSPS) is 11.4. The van der Waals surface area contributed by atoms with Crippen molar-refractivity contribution in [2.45, 2.75) is 25.9 Å². The summed E-state index contributed by atoms with van der Waals surface area (Å²) in [5.74, 6) is -0.593. The minimum atomic E-state index is -0.673. The number of ether oxygens (including phenoxy) is 2. The van der Waals surface area contributed by atoms with E-state index in [1.807, 2.05) is 19.1 Å². The number of para-hydroxylation sites is 1. The van der Waals surface area contributed by atoms with Gasteiger partial charge >= 0.3 is 0 Å². The number of likely N-dealkylation sites (N-methyl/N-ethyl adjacent to an activating group) is 1. The zero-order valence-corrected chi connectivity index (χ0v) is 16.3. The van der Waals surface area contributed by atoms with E-state index in [9.17, 15) is 14.0 Å². The molecule has 1 unspecified atom stereocenters. The third-order valence-electron chi connectivity index (χ3n) is 4.31. The highest BCUT2D eigenvalue weighted by Crippen LogP contribution is 2.19. The minimum Gasteiger partial charge on any atom is -0.497 e. The topological polar surface area (TPSA) is 67.9 Å². The fourth-order valence-electron chi connectivity index (χ4n) is 2.84. The van der Waals surface area contributed by atoms with Crippen LogP contribution in [0.5, 0.6) is 11.5 Å². The zero-order chi connectivity index (χ0) is 20.5. The summed E-state index contributed by atoms with van der Waals surface area (Å²) in [6, 6.07) is 12.5. The number of nitrogens with one attached hydrogen (secondary N) is 1. The summed E-state index contributed by atoms with van der Waals surface area (Å²) in [6.45, 7) is 1.64. The summed E-state index contributed by atoms with van der Waals surface area (Å²) in [6.07, 6.45) is 0.426. The molecule has 0 aliphatic rings. The summed E-state index contributed by atoms with van der Waals surface area (Å²) in [5.41, 5.74) is 0.806. The number of hydrogen-bond donors (Lipinski definition) is 1. The van der Waals surface area contributed by atoms with Crippen molar-refractivity contribution in [3.63, 3.8) is 0 Å². The van der Waals surface area contributed by atoms with Crippen molar-refractivity contribution in [3.05, 3.63) is 59.9 Å². The first kappa shape index (κ1) is 21.2. The van der Waals surface area contributed by atoms with Crippen LogP contribution in [0.3, 0.4) is 0 Å². The van der Waals surface area contributed by atoms with Crippen molar-refractivity contribution < 1.29 is 23.5 Å². The highest BCUT2D eigenvalue weighted by Gasteiger charge is 2.28. The third kappa shape index (κ3) is 5.45. The Morgan fingerprint density at radius 3 is 2.57 bits per heavy atom. The largest absolute Gasteiger partial charge is 0.497 e. The molecule has 0 bridgehead atoms. The van der Waals surface area contributed by atoms with E-state index < -0.39 is 17.8 Å². The highest BCUT2D eigenvalue weighted by molar-refractivity contribution is 5.88. The standard InChI is InChI=1S/C21H25FN2O4/c1-4-18(21(26)23-2)24(13-15-8-7-9-16(12-15)27-3)20(25)14-28-19-11-6-5-10-17(19)22/h5-12,18H,4,13-14H2,1-3H3,(H,23,26). The van der Waals surface area contributed by atoms with Gasteiger partial charge in [-0.2, -0.15) is 0 Å². The molecule has 28 heavy (non-hydrogen) atoms. The molecule has 0 aliphatic heterocycles. The number of rotatable bonds is 9. The number of nitrogens with zero attached hydrogens (tertiary/aromatic N) is 1. The lowest BCUT2D eigenvalue weighted by atomic mass is 10.1. The first-order chi connectivity index (χ1) is 13.5. The Labute approximate surface area is 164 Å². The van der Waals surface area contributed by atoms with Crippen molar-refractivity contribution in [2.75, 3.05) is 20.8 Å². The van der Waals surface area contributed by atoms with Gasteiger partial charge in [0.2, 0.25) is 5.91 Å². The molecule has 2 amide bonds. The Morgan fingerprint density at radius 1 is 1.18 bits per heavy atom. The average Bonchev–Trinajstić information content (AvgIpc) is 2.72. The molecule has 1 atom stereocenters. The van der Waals surface area contributed by atoms with Crippen molar-refractivity contribution in [3.8, 4) is 11.5 Å². The number of carbonyl (C=O) groups is 2. The molecule has 2 rings (SSSR count). The smallest absolute Gasteiger partial charge is 0.261 e. The van der Waals surface area contributed by atoms with Gasteiger partial charge < -0.3 is 19.7 Å². The van der Waals surface area contributed by atoms with Crippen LogP contribution in [-0.4, -0.2) is 43.5 Å². The summed E-state index contributed by atoms with van der Waals surface area (Å²) < 4.78 is 24.3. The van der Waals surface area contributed by atoms with E-state index >= 15 is 0 Å². The SMILES string of the molecule is CCC(C(=O)NC)N(Cc1cccc(OC)c1)C(=O)COc1ccccc1F. The maximum Gasteiger partial charge on any atom is 0.261 e. The molecule has 0 saturated carbocycles. The monoisotopic (exact) mass is 388 g/mol. The van der Waals surface area contributed by atoms with Crippen LogP contribution in [0.2, 0.25) is 0 Å². The molecule has 0 radical (unpaired) electrons. The molecule has 2 aromatic carbocycles. The predicted molar refractivity (Wildman–Crippen MR) is 104 cm³/mol. The third-order valence-corrected chi connectivity index (χ3v) is 4.31. The molecule has 7 heteroatoms. The van der Waals surface area contributed by atoms with Gasteiger partial charge in [-0.15, -0.1) is 0 Å². The second-order valence-electron chi connectivity index (χ2n) is 6.13. The van der Waals surface area contributed by atoms with Gasteiger partial charge in [0.15, 0.2) is 18.2 Å². The lowest BCUT2D eigenvalue weighted by Gasteiger charge is -2.30. The van der Waals surface area contributed by atoms with Crippen LogP contribution in [0.25, 0.3) is 0 Å². The molecule has 6 nitrogen and oxygen atoms in total. The molecule has 2 aromatic rings.